The Kier molecular flexibility index (Phi) is 27.5. The topological polar surface area (TPSA) is 245 Å². The largest absolute Gasteiger partial charge is 0.481 e. The zero-order chi connectivity index (χ0) is 90.1. The maximum absolute atomic E-state index is 12.6. The van der Waals surface area contributed by atoms with Crippen molar-refractivity contribution in [3.63, 3.8) is 0 Å². The van der Waals surface area contributed by atoms with Crippen molar-refractivity contribution in [1.29, 1.82) is 0 Å². The molecule has 15 rings (SSSR count). The Labute approximate surface area is 730 Å². The molecule has 122 heavy (non-hydrogen) atoms. The third-order valence-corrected chi connectivity index (χ3v) is 34.3. The van der Waals surface area contributed by atoms with E-state index in [4.69, 9.17) is 14.2 Å². The van der Waals surface area contributed by atoms with Crippen LogP contribution >= 0.6 is 0 Å². The van der Waals surface area contributed by atoms with Gasteiger partial charge >= 0.3 is 41.8 Å². The van der Waals surface area contributed by atoms with Gasteiger partial charge in [-0.05, 0) is 358 Å². The Morgan fingerprint density at radius 3 is 0.762 bits per heavy atom. The number of fused-ring (bicyclic) bond motifs is 15. The molecule has 5 aromatic rings. The van der Waals surface area contributed by atoms with Crippen LogP contribution in [0.4, 0.5) is 0 Å². The molecule has 5 saturated carbocycles. The molecule has 15 nitrogen and oxygen atoms in total. The number of carboxylic acids is 4. The Bertz CT molecular complexity index is 4710. The number of ketones is 1. The average Bonchev–Trinajstić information content (AvgIpc) is 0.734. The number of methoxy groups -OCH3 is 3. The van der Waals surface area contributed by atoms with E-state index in [0.717, 1.165) is 181 Å². The number of Topliss-reactive ketones (excluding diaryl/α,β-unsaturated/α-hetero) is 1. The number of aromatic carboxylic acids is 2. The molecular formula is C107H148O15. The van der Waals surface area contributed by atoms with Crippen molar-refractivity contribution in [1.82, 2.24) is 0 Å². The first kappa shape index (κ1) is 94.7. The number of aliphatic carboxylic acids is 2. The fourth-order valence-corrected chi connectivity index (χ4v) is 27.4. The second-order valence-corrected chi connectivity index (χ2v) is 43.0. The van der Waals surface area contributed by atoms with Gasteiger partial charge in [0.25, 0.3) is 0 Å². The summed E-state index contributed by atoms with van der Waals surface area (Å²) in [6, 6.07) is 26.3. The molecule has 15 atom stereocenters. The smallest absolute Gasteiger partial charge is 0.335 e. The summed E-state index contributed by atoms with van der Waals surface area (Å²) in [4.78, 5) is 97.7. The first-order valence-corrected chi connectivity index (χ1v) is 46.5. The van der Waals surface area contributed by atoms with E-state index in [-0.39, 0.29) is 91.7 Å². The van der Waals surface area contributed by atoms with Gasteiger partial charge in [0.05, 0.1) is 59.5 Å². The van der Waals surface area contributed by atoms with Gasteiger partial charge in [0.15, 0.2) is 5.78 Å². The molecule has 0 amide bonds. The third-order valence-electron chi connectivity index (χ3n) is 34.3. The van der Waals surface area contributed by atoms with Gasteiger partial charge in [0.2, 0.25) is 0 Å². The highest BCUT2D eigenvalue weighted by Crippen LogP contribution is 2.64. The van der Waals surface area contributed by atoms with Crippen LogP contribution in [0.25, 0.3) is 0 Å². The number of hydrogen-bond donors (Lipinski definition) is 4. The van der Waals surface area contributed by atoms with Crippen LogP contribution in [0.3, 0.4) is 0 Å². The minimum Gasteiger partial charge on any atom is -0.481 e. The van der Waals surface area contributed by atoms with E-state index in [1.165, 1.54) is 83.4 Å². The van der Waals surface area contributed by atoms with Gasteiger partial charge in [-0.25, -0.2) is 9.59 Å². The highest BCUT2D eigenvalue weighted by atomic mass is 16.5. The summed E-state index contributed by atoms with van der Waals surface area (Å²) in [5.74, 6) is -0.300. The SMILES string of the molecule is CC(C)c1cc2c(cc1C(=O)O)C1(C)CCCC(C)(C(=O)O)C1CC2.CC(C)c1ccc2c(c1)CCC1C(C)(C(=O)O)CCCC21C.COC(=O)C1(C)CCCC2(C)c3cc(C(=O)O)c(C(C)C)cc3CCC12.COC(=O)C1(C)CCCC2(C)c3cc(C(C)=O)c(C(C)C)cc3CCC12.COC(=O)C1(C)CCCC2(C)c3ccc(C(C)C)cc3CCC12. The van der Waals surface area contributed by atoms with E-state index in [2.05, 4.69) is 151 Å². The molecule has 0 aromatic heterocycles. The van der Waals surface area contributed by atoms with Crippen molar-refractivity contribution in [3.8, 4) is 0 Å². The number of rotatable bonds is 13. The molecule has 0 aliphatic heterocycles. The molecule has 666 valence electrons. The van der Waals surface area contributed by atoms with Gasteiger partial charge < -0.3 is 34.6 Å². The zero-order valence-corrected chi connectivity index (χ0v) is 78.7. The summed E-state index contributed by atoms with van der Waals surface area (Å²) in [6.07, 6.45) is 24.1. The van der Waals surface area contributed by atoms with Crippen LogP contribution in [0.2, 0.25) is 0 Å². The predicted octanol–water partition coefficient (Wildman–Crippen LogP) is 24.4. The van der Waals surface area contributed by atoms with Crippen molar-refractivity contribution < 1.29 is 73.0 Å². The lowest BCUT2D eigenvalue weighted by Crippen LogP contribution is -2.52. The number of benzene rings is 5. The lowest BCUT2D eigenvalue weighted by molar-refractivity contribution is -0.162. The van der Waals surface area contributed by atoms with E-state index in [9.17, 15) is 58.8 Å². The lowest BCUT2D eigenvalue weighted by atomic mass is 9.49. The number of hydrogen-bond acceptors (Lipinski definition) is 11. The molecule has 15 unspecified atom stereocenters. The summed E-state index contributed by atoms with van der Waals surface area (Å²) >= 11 is 0. The van der Waals surface area contributed by atoms with Crippen molar-refractivity contribution in [2.45, 2.75) is 363 Å². The summed E-state index contributed by atoms with van der Waals surface area (Å²) in [5.41, 5.74) is 17.6. The Morgan fingerprint density at radius 2 is 0.533 bits per heavy atom. The Morgan fingerprint density at radius 1 is 0.303 bits per heavy atom. The average molecular weight is 1670 g/mol. The number of carbonyl (C=O) groups excluding carboxylic acids is 4. The Balaban J connectivity index is 0.000000149. The monoisotopic (exact) mass is 1670 g/mol. The number of carboxylic acid groups (broad SMARTS) is 4. The second kappa shape index (κ2) is 35.5. The van der Waals surface area contributed by atoms with E-state index in [1.807, 2.05) is 60.6 Å². The van der Waals surface area contributed by atoms with Gasteiger partial charge in [-0.3, -0.25) is 28.8 Å². The standard InChI is InChI=1S/C23H32O3.C22H30O4.C21H28O4.C21H30O2.C20H28O2/c1-14(2)17-12-16-8-9-20-22(4,19(16)13-18(17)15(3)24)10-7-11-23(20,5)21(25)26-6;1-13(2)15-11-14-7-8-18-21(3,17(14)12-16(15)19(23)24)9-6-10-22(18,4)20(25)26-5;1-12(2)14-10-13-6-7-17-20(3,16(13)11-15(14)18(22)23)8-5-9-21(17,4)19(24)25;1-14(2)15-7-9-17-16(13-15)8-10-18-20(17,3)11-6-12-21(18,4)19(22)23-5;1-13(2)14-6-8-16-15(12-14)7-9-17-19(16,3)10-5-11-20(17,4)18(21)22/h12-14,20H,7-11H2,1-6H3;11-13,18H,6-10H2,1-5H3,(H,23,24);10-12,17H,5-9H2,1-4H3,(H,22,23)(H,24,25);7,9,13-14,18H,6,8,10-12H2,1-5H3;6,8,12-13,17H,5,7,9-11H2,1-4H3,(H,21,22). The van der Waals surface area contributed by atoms with E-state index in [1.54, 1.807) is 6.92 Å². The summed E-state index contributed by atoms with van der Waals surface area (Å²) in [7, 11) is 4.50. The van der Waals surface area contributed by atoms with Gasteiger partial charge in [0, 0.05) is 5.56 Å². The number of aryl methyl sites for hydroxylation is 5. The highest BCUT2D eigenvalue weighted by molar-refractivity contribution is 5.96. The molecular weight excluding hydrogens is 1530 g/mol. The van der Waals surface area contributed by atoms with Gasteiger partial charge in [-0.15, -0.1) is 0 Å². The van der Waals surface area contributed by atoms with Crippen LogP contribution in [-0.2, 0) is 97.4 Å². The van der Waals surface area contributed by atoms with Crippen molar-refractivity contribution >= 4 is 47.6 Å². The molecule has 0 spiro atoms. The number of ether oxygens (including phenoxy) is 3. The van der Waals surface area contributed by atoms with Crippen LogP contribution in [0, 0.1) is 56.7 Å². The van der Waals surface area contributed by atoms with Crippen molar-refractivity contribution in [3.05, 3.63) is 173 Å². The quantitative estimate of drug-likeness (QED) is 0.0486. The number of carbonyl (C=O) groups is 8. The van der Waals surface area contributed by atoms with Gasteiger partial charge in [0.1, 0.15) is 0 Å². The summed E-state index contributed by atoms with van der Waals surface area (Å²) < 4.78 is 15.5. The third kappa shape index (κ3) is 16.5. The van der Waals surface area contributed by atoms with E-state index < -0.39 is 45.5 Å². The van der Waals surface area contributed by atoms with Crippen LogP contribution in [0.5, 0.6) is 0 Å². The normalized spacial score (nSPS) is 31.8. The van der Waals surface area contributed by atoms with Crippen LogP contribution in [-0.4, -0.2) is 89.3 Å². The van der Waals surface area contributed by atoms with Crippen LogP contribution in [0.1, 0.15) is 418 Å². The molecule has 10 aliphatic carbocycles. The molecule has 0 radical (unpaired) electrons. The maximum Gasteiger partial charge on any atom is 0.335 e. The molecule has 0 heterocycles. The van der Waals surface area contributed by atoms with Gasteiger partial charge in [-0.2, -0.15) is 0 Å². The van der Waals surface area contributed by atoms with Crippen molar-refractivity contribution in [2.24, 2.45) is 56.7 Å². The first-order chi connectivity index (χ1) is 57.0. The maximum atomic E-state index is 12.6. The minimum absolute atomic E-state index is 0.0179. The minimum atomic E-state index is -0.894. The Hall–Kier alpha value is -7.94. The fourth-order valence-electron chi connectivity index (χ4n) is 27.4. The van der Waals surface area contributed by atoms with Crippen LogP contribution in [0.15, 0.2) is 72.8 Å². The molecule has 5 fully saturated rings. The van der Waals surface area contributed by atoms with E-state index >= 15 is 0 Å². The van der Waals surface area contributed by atoms with Gasteiger partial charge in [-0.1, -0.05) is 191 Å². The van der Waals surface area contributed by atoms with E-state index in [0.29, 0.717) is 41.2 Å². The fraction of sp³-hybridized carbons (Fsp3) is 0.645. The second-order valence-electron chi connectivity index (χ2n) is 43.0. The predicted molar refractivity (Wildman–Crippen MR) is 484 cm³/mol. The molecule has 10 aliphatic rings. The zero-order valence-electron chi connectivity index (χ0n) is 78.7. The van der Waals surface area contributed by atoms with Crippen LogP contribution < -0.4 is 0 Å². The van der Waals surface area contributed by atoms with Crippen molar-refractivity contribution in [2.75, 3.05) is 21.3 Å². The molecule has 5 aromatic carbocycles. The lowest BCUT2D eigenvalue weighted by Gasteiger charge is -2.54. The molecule has 0 saturated heterocycles. The highest BCUT2D eigenvalue weighted by Gasteiger charge is 2.61. The molecule has 15 heteroatoms. The first-order valence-electron chi connectivity index (χ1n) is 46.5. The summed E-state index contributed by atoms with van der Waals surface area (Å²) in [6.45, 7) is 44.5. The molecule has 4 N–H and O–H groups in total. The molecule has 0 bridgehead atoms. The summed E-state index contributed by atoms with van der Waals surface area (Å²) in [5, 5.41) is 39.1. The number of esters is 3.